The van der Waals surface area contributed by atoms with E-state index in [4.69, 9.17) is 21.6 Å². The standard InChI is InChI=1S/C31H23ClF2N4O4/c1-42-31(41)26(38-30(40)27-24(33)12-18(13-25(27)34)29(39)37-19-6-7-19)14-17-5-9-22(28-20(17)3-2-10-36-28)21-8-4-16(15-35)11-23(21)32/h2-5,8-13,19,26H,6-7,14H2,1H3,(H,37,39)(H,38,40)/t26-/m0/s1. The second kappa shape index (κ2) is 11.9. The van der Waals surface area contributed by atoms with Crippen LogP contribution in [-0.4, -0.2) is 42.0 Å². The molecule has 11 heteroatoms. The Hall–Kier alpha value is -4.88. The number of nitrogens with one attached hydrogen (secondary N) is 2. The molecule has 0 bridgehead atoms. The third-order valence-electron chi connectivity index (χ3n) is 6.91. The maximum absolute atomic E-state index is 14.9. The van der Waals surface area contributed by atoms with E-state index in [0.717, 1.165) is 32.1 Å². The van der Waals surface area contributed by atoms with E-state index in [1.165, 1.54) is 0 Å². The number of ether oxygens (including phenoxy) is 1. The highest BCUT2D eigenvalue weighted by Gasteiger charge is 2.29. The summed E-state index contributed by atoms with van der Waals surface area (Å²) < 4.78 is 34.7. The van der Waals surface area contributed by atoms with Gasteiger partial charge in [0.25, 0.3) is 11.8 Å². The number of hydrogen-bond acceptors (Lipinski definition) is 6. The summed E-state index contributed by atoms with van der Waals surface area (Å²) in [6, 6.07) is 14.1. The number of pyridine rings is 1. The number of fused-ring (bicyclic) bond motifs is 1. The highest BCUT2D eigenvalue weighted by atomic mass is 35.5. The van der Waals surface area contributed by atoms with E-state index in [2.05, 4.69) is 15.6 Å². The summed E-state index contributed by atoms with van der Waals surface area (Å²) in [6.07, 6.45) is 3.09. The lowest BCUT2D eigenvalue weighted by Gasteiger charge is -2.19. The Morgan fingerprint density at radius 2 is 1.79 bits per heavy atom. The molecule has 0 unspecified atom stereocenters. The molecule has 1 aromatic heterocycles. The van der Waals surface area contributed by atoms with Gasteiger partial charge in [0.2, 0.25) is 0 Å². The van der Waals surface area contributed by atoms with Crippen molar-refractivity contribution >= 4 is 40.3 Å². The van der Waals surface area contributed by atoms with Crippen LogP contribution in [0.15, 0.2) is 60.8 Å². The Bertz CT molecular complexity index is 1760. The van der Waals surface area contributed by atoms with Crippen molar-refractivity contribution in [3.8, 4) is 17.2 Å². The van der Waals surface area contributed by atoms with Gasteiger partial charge in [0.1, 0.15) is 23.2 Å². The van der Waals surface area contributed by atoms with Crippen LogP contribution in [0.3, 0.4) is 0 Å². The van der Waals surface area contributed by atoms with Crippen LogP contribution in [0.25, 0.3) is 22.0 Å². The Morgan fingerprint density at radius 1 is 1.07 bits per heavy atom. The van der Waals surface area contributed by atoms with E-state index >= 15 is 0 Å². The van der Waals surface area contributed by atoms with Gasteiger partial charge in [-0.05, 0) is 48.7 Å². The van der Waals surface area contributed by atoms with Crippen molar-refractivity contribution in [3.05, 3.63) is 99.7 Å². The number of benzene rings is 3. The third kappa shape index (κ3) is 5.92. The first-order valence-corrected chi connectivity index (χ1v) is 13.3. The normalized spacial score (nSPS) is 13.2. The molecule has 212 valence electrons. The van der Waals surface area contributed by atoms with Crippen molar-refractivity contribution in [2.24, 2.45) is 0 Å². The zero-order valence-electron chi connectivity index (χ0n) is 22.2. The Kier molecular flexibility index (Phi) is 8.13. The summed E-state index contributed by atoms with van der Waals surface area (Å²) >= 11 is 6.45. The van der Waals surface area contributed by atoms with Crippen molar-refractivity contribution in [3.63, 3.8) is 0 Å². The number of rotatable bonds is 8. The second-order valence-electron chi connectivity index (χ2n) is 9.79. The molecule has 8 nitrogen and oxygen atoms in total. The summed E-state index contributed by atoms with van der Waals surface area (Å²) in [7, 11) is 1.13. The number of carbonyl (C=O) groups is 3. The first-order chi connectivity index (χ1) is 20.2. The van der Waals surface area contributed by atoms with Crippen LogP contribution >= 0.6 is 11.6 Å². The number of esters is 1. The Morgan fingerprint density at radius 3 is 2.43 bits per heavy atom. The van der Waals surface area contributed by atoms with Gasteiger partial charge >= 0.3 is 5.97 Å². The average molecular weight is 589 g/mol. The molecule has 1 aliphatic rings. The number of amides is 2. The van der Waals surface area contributed by atoms with Crippen molar-refractivity contribution < 1.29 is 27.9 Å². The molecule has 0 aliphatic heterocycles. The van der Waals surface area contributed by atoms with E-state index in [-0.39, 0.29) is 18.0 Å². The molecule has 42 heavy (non-hydrogen) atoms. The fourth-order valence-corrected chi connectivity index (χ4v) is 4.92. The molecule has 1 heterocycles. The molecular formula is C31H23ClF2N4O4. The molecule has 1 atom stereocenters. The quantitative estimate of drug-likeness (QED) is 0.276. The van der Waals surface area contributed by atoms with Gasteiger partial charge in [-0.1, -0.05) is 35.9 Å². The first-order valence-electron chi connectivity index (χ1n) is 13.0. The zero-order chi connectivity index (χ0) is 30.0. The molecule has 2 amide bonds. The summed E-state index contributed by atoms with van der Waals surface area (Å²) in [5, 5.41) is 15.2. The summed E-state index contributed by atoms with van der Waals surface area (Å²) in [5.74, 6) is -5.13. The number of hydrogen-bond donors (Lipinski definition) is 2. The lowest BCUT2D eigenvalue weighted by atomic mass is 9.94. The predicted octanol–water partition coefficient (Wildman–Crippen LogP) is 5.11. The number of carbonyl (C=O) groups excluding carboxylic acids is 3. The molecule has 1 saturated carbocycles. The molecule has 4 aromatic rings. The first kappa shape index (κ1) is 28.6. The molecule has 3 aromatic carbocycles. The number of halogens is 3. The maximum atomic E-state index is 14.9. The highest BCUT2D eigenvalue weighted by molar-refractivity contribution is 6.33. The van der Waals surface area contributed by atoms with E-state index in [0.29, 0.717) is 38.2 Å². The molecule has 0 radical (unpaired) electrons. The predicted molar refractivity (Wildman–Crippen MR) is 151 cm³/mol. The zero-order valence-corrected chi connectivity index (χ0v) is 23.0. The van der Waals surface area contributed by atoms with Gasteiger partial charge in [-0.25, -0.2) is 13.6 Å². The smallest absolute Gasteiger partial charge is 0.328 e. The van der Waals surface area contributed by atoms with Crippen LogP contribution in [0.4, 0.5) is 8.78 Å². The fraction of sp³-hybridized carbons (Fsp3) is 0.194. The van der Waals surface area contributed by atoms with Gasteiger partial charge in [0.15, 0.2) is 0 Å². The minimum atomic E-state index is -1.31. The van der Waals surface area contributed by atoms with Crippen molar-refractivity contribution in [2.45, 2.75) is 31.3 Å². The molecule has 0 saturated heterocycles. The lowest BCUT2D eigenvalue weighted by molar-refractivity contribution is -0.142. The molecule has 1 aliphatic carbocycles. The van der Waals surface area contributed by atoms with Crippen LogP contribution < -0.4 is 10.6 Å². The number of aromatic nitrogens is 1. The van der Waals surface area contributed by atoms with E-state index in [1.807, 2.05) is 6.07 Å². The maximum Gasteiger partial charge on any atom is 0.328 e. The monoisotopic (exact) mass is 588 g/mol. The Balaban J connectivity index is 1.44. The fourth-order valence-electron chi connectivity index (χ4n) is 4.63. The van der Waals surface area contributed by atoms with Gasteiger partial charge in [-0.15, -0.1) is 0 Å². The Labute approximate surface area is 244 Å². The largest absolute Gasteiger partial charge is 0.467 e. The number of nitriles is 1. The minimum Gasteiger partial charge on any atom is -0.467 e. The lowest BCUT2D eigenvalue weighted by Crippen LogP contribution is -2.43. The van der Waals surface area contributed by atoms with E-state index in [1.54, 1.807) is 48.7 Å². The molecular weight excluding hydrogens is 566 g/mol. The second-order valence-corrected chi connectivity index (χ2v) is 10.2. The minimum absolute atomic E-state index is 0.0196. The number of methoxy groups -OCH3 is 1. The van der Waals surface area contributed by atoms with Crippen LogP contribution in [0.5, 0.6) is 0 Å². The molecule has 0 spiro atoms. The molecule has 1 fully saturated rings. The van der Waals surface area contributed by atoms with Gasteiger partial charge in [0.05, 0.1) is 24.3 Å². The van der Waals surface area contributed by atoms with Gasteiger partial charge < -0.3 is 15.4 Å². The van der Waals surface area contributed by atoms with Gasteiger partial charge in [0, 0.05) is 45.8 Å². The molecule has 5 rings (SSSR count). The number of nitrogens with zero attached hydrogens (tertiary/aromatic N) is 2. The van der Waals surface area contributed by atoms with Crippen molar-refractivity contribution in [1.82, 2.24) is 15.6 Å². The summed E-state index contributed by atoms with van der Waals surface area (Å²) in [6.45, 7) is 0. The summed E-state index contributed by atoms with van der Waals surface area (Å²) in [4.78, 5) is 42.4. The van der Waals surface area contributed by atoms with Crippen LogP contribution in [0.2, 0.25) is 5.02 Å². The third-order valence-corrected chi connectivity index (χ3v) is 7.22. The SMILES string of the molecule is COC(=O)[C@H](Cc1ccc(-c2ccc(C#N)cc2Cl)c2ncccc12)NC(=O)c1c(F)cc(C(=O)NC2CC2)cc1F. The molecule has 2 N–H and O–H groups in total. The van der Waals surface area contributed by atoms with Crippen LogP contribution in [-0.2, 0) is 16.0 Å². The average Bonchev–Trinajstić information content (AvgIpc) is 3.80. The van der Waals surface area contributed by atoms with E-state index < -0.39 is 41.0 Å². The van der Waals surface area contributed by atoms with E-state index in [9.17, 15) is 23.2 Å². The van der Waals surface area contributed by atoms with Crippen LogP contribution in [0.1, 0.15) is 44.7 Å². The van der Waals surface area contributed by atoms with Gasteiger partial charge in [-0.2, -0.15) is 5.26 Å². The van der Waals surface area contributed by atoms with Crippen molar-refractivity contribution in [1.29, 1.82) is 5.26 Å². The topological polar surface area (TPSA) is 121 Å². The van der Waals surface area contributed by atoms with Gasteiger partial charge in [-0.3, -0.25) is 14.6 Å². The van der Waals surface area contributed by atoms with Crippen LogP contribution in [0, 0.1) is 23.0 Å². The summed E-state index contributed by atoms with van der Waals surface area (Å²) in [5.41, 5.74) is 1.69. The van der Waals surface area contributed by atoms with Crippen molar-refractivity contribution in [2.75, 3.05) is 7.11 Å². The highest BCUT2D eigenvalue weighted by Crippen LogP contribution is 2.35.